The third-order valence-corrected chi connectivity index (χ3v) is 4.15. The monoisotopic (exact) mass is 394 g/mol. The van der Waals surface area contributed by atoms with Crippen LogP contribution in [-0.2, 0) is 6.42 Å². The van der Waals surface area contributed by atoms with E-state index in [2.05, 4.69) is 13.5 Å². The maximum absolute atomic E-state index is 12.5. The van der Waals surface area contributed by atoms with Crippen molar-refractivity contribution in [2.45, 2.75) is 33.6 Å². The van der Waals surface area contributed by atoms with Crippen LogP contribution in [0.2, 0.25) is 0 Å². The fraction of sp³-hybridized carbons (Fsp3) is 0.320. The van der Waals surface area contributed by atoms with Crippen LogP contribution < -0.4 is 14.2 Å². The largest absolute Gasteiger partial charge is 0.494 e. The van der Waals surface area contributed by atoms with E-state index in [-0.39, 0.29) is 5.78 Å². The van der Waals surface area contributed by atoms with Gasteiger partial charge in [0.05, 0.1) is 19.8 Å². The highest BCUT2D eigenvalue weighted by atomic mass is 16.5. The molecule has 0 saturated carbocycles. The molecule has 4 heteroatoms. The summed E-state index contributed by atoms with van der Waals surface area (Å²) in [5.74, 6) is 2.12. The van der Waals surface area contributed by atoms with Crippen molar-refractivity contribution in [1.29, 1.82) is 0 Å². The van der Waals surface area contributed by atoms with E-state index < -0.39 is 0 Å². The summed E-state index contributed by atoms with van der Waals surface area (Å²) in [7, 11) is 0. The summed E-state index contributed by atoms with van der Waals surface area (Å²) in [4.78, 5) is 12.5. The van der Waals surface area contributed by atoms with Crippen molar-refractivity contribution in [3.63, 3.8) is 0 Å². The lowest BCUT2D eigenvalue weighted by Crippen LogP contribution is -2.02. The second-order valence-electron chi connectivity index (χ2n) is 6.44. The molecule has 0 aliphatic rings. The molecule has 0 aromatic heterocycles. The number of ether oxygens (including phenoxy) is 3. The van der Waals surface area contributed by atoms with Gasteiger partial charge in [0, 0.05) is 11.1 Å². The Labute approximate surface area is 173 Å². The molecular weight excluding hydrogens is 364 g/mol. The number of allylic oxidation sites excluding steroid dienone is 2. The average molecular weight is 395 g/mol. The Morgan fingerprint density at radius 2 is 1.72 bits per heavy atom. The first kappa shape index (κ1) is 22.3. The number of benzene rings is 2. The maximum atomic E-state index is 12.5. The average Bonchev–Trinajstić information content (AvgIpc) is 2.73. The highest BCUT2D eigenvalue weighted by Crippen LogP contribution is 2.34. The van der Waals surface area contributed by atoms with Crippen molar-refractivity contribution in [3.05, 3.63) is 71.8 Å². The summed E-state index contributed by atoms with van der Waals surface area (Å²) in [6.07, 6.45) is 6.81. The Morgan fingerprint density at radius 1 is 1.00 bits per heavy atom. The Kier molecular flexibility index (Phi) is 9.03. The minimum Gasteiger partial charge on any atom is -0.494 e. The van der Waals surface area contributed by atoms with Crippen LogP contribution in [0, 0.1) is 0 Å². The summed E-state index contributed by atoms with van der Waals surface area (Å²) < 4.78 is 17.1. The van der Waals surface area contributed by atoms with Gasteiger partial charge in [0.1, 0.15) is 5.75 Å². The first-order valence-electron chi connectivity index (χ1n) is 10.1. The van der Waals surface area contributed by atoms with Crippen LogP contribution in [0.3, 0.4) is 0 Å². The van der Waals surface area contributed by atoms with Crippen LogP contribution in [0.15, 0.2) is 55.1 Å². The molecule has 154 valence electrons. The Balaban J connectivity index is 2.23. The van der Waals surface area contributed by atoms with Gasteiger partial charge in [0.2, 0.25) is 0 Å². The molecule has 0 N–H and O–H groups in total. The van der Waals surface area contributed by atoms with Crippen molar-refractivity contribution in [2.75, 3.05) is 19.8 Å². The number of hydrogen-bond donors (Lipinski definition) is 0. The van der Waals surface area contributed by atoms with Crippen molar-refractivity contribution >= 4 is 11.9 Å². The van der Waals surface area contributed by atoms with E-state index in [1.54, 1.807) is 24.3 Å². The number of ketones is 1. The van der Waals surface area contributed by atoms with Gasteiger partial charge in [0.15, 0.2) is 17.3 Å². The maximum Gasteiger partial charge on any atom is 0.185 e. The van der Waals surface area contributed by atoms with E-state index in [4.69, 9.17) is 14.2 Å². The first-order valence-corrected chi connectivity index (χ1v) is 10.1. The molecule has 0 spiro atoms. The highest BCUT2D eigenvalue weighted by Gasteiger charge is 2.12. The molecule has 2 aromatic rings. The first-order chi connectivity index (χ1) is 14.1. The zero-order chi connectivity index (χ0) is 21.1. The second-order valence-corrected chi connectivity index (χ2v) is 6.44. The molecule has 0 radical (unpaired) electrons. The predicted octanol–water partition coefficient (Wildman–Crippen LogP) is 5.90. The molecule has 0 fully saturated rings. The van der Waals surface area contributed by atoms with Crippen LogP contribution >= 0.6 is 0 Å². The Bertz CT molecular complexity index is 835. The molecule has 2 rings (SSSR count). The van der Waals surface area contributed by atoms with E-state index >= 15 is 0 Å². The molecule has 4 nitrogen and oxygen atoms in total. The van der Waals surface area contributed by atoms with Gasteiger partial charge >= 0.3 is 0 Å². The van der Waals surface area contributed by atoms with Gasteiger partial charge in [-0.2, -0.15) is 0 Å². The second kappa shape index (κ2) is 11.7. The topological polar surface area (TPSA) is 44.8 Å². The predicted molar refractivity (Wildman–Crippen MR) is 118 cm³/mol. The standard InChI is InChI=1S/C25H30O4/c1-5-9-21-17-19(18-24(27-7-3)25(21)28-8-4)10-15-23(26)20-11-13-22(14-12-20)29-16-6-2/h5,10-15,17-18H,1,6-9,16H2,2-4H3. The molecule has 2 aromatic carbocycles. The molecule has 0 aliphatic heterocycles. The van der Waals surface area contributed by atoms with Crippen molar-refractivity contribution < 1.29 is 19.0 Å². The van der Waals surface area contributed by atoms with E-state index in [0.29, 0.717) is 37.6 Å². The van der Waals surface area contributed by atoms with Crippen LogP contribution in [0.4, 0.5) is 0 Å². The molecule has 0 saturated heterocycles. The summed E-state index contributed by atoms with van der Waals surface area (Å²) >= 11 is 0. The molecule has 0 bridgehead atoms. The summed E-state index contributed by atoms with van der Waals surface area (Å²) in [6.45, 7) is 11.5. The molecule has 29 heavy (non-hydrogen) atoms. The van der Waals surface area contributed by atoms with Gasteiger partial charge in [-0.1, -0.05) is 19.1 Å². The van der Waals surface area contributed by atoms with Crippen LogP contribution in [-0.4, -0.2) is 25.6 Å². The zero-order valence-electron chi connectivity index (χ0n) is 17.6. The van der Waals surface area contributed by atoms with Gasteiger partial charge in [-0.3, -0.25) is 4.79 Å². The van der Waals surface area contributed by atoms with E-state index in [1.165, 1.54) is 0 Å². The molecule has 0 unspecified atom stereocenters. The Morgan fingerprint density at radius 3 is 2.34 bits per heavy atom. The third-order valence-electron chi connectivity index (χ3n) is 4.15. The number of carbonyl (C=O) groups is 1. The minimum absolute atomic E-state index is 0.0656. The van der Waals surface area contributed by atoms with Crippen LogP contribution in [0.1, 0.15) is 48.7 Å². The van der Waals surface area contributed by atoms with E-state index in [9.17, 15) is 4.79 Å². The van der Waals surface area contributed by atoms with E-state index in [0.717, 1.165) is 29.0 Å². The van der Waals surface area contributed by atoms with Gasteiger partial charge in [-0.25, -0.2) is 0 Å². The van der Waals surface area contributed by atoms with E-state index in [1.807, 2.05) is 44.2 Å². The van der Waals surface area contributed by atoms with Gasteiger partial charge in [-0.05, 0) is 74.7 Å². The third kappa shape index (κ3) is 6.53. The van der Waals surface area contributed by atoms with Crippen LogP contribution in [0.25, 0.3) is 6.08 Å². The molecular formula is C25H30O4. The van der Waals surface area contributed by atoms with Crippen molar-refractivity contribution in [1.82, 2.24) is 0 Å². The highest BCUT2D eigenvalue weighted by molar-refractivity contribution is 6.06. The molecule has 0 heterocycles. The quantitative estimate of drug-likeness (QED) is 0.255. The number of rotatable bonds is 12. The smallest absolute Gasteiger partial charge is 0.185 e. The van der Waals surface area contributed by atoms with Crippen molar-refractivity contribution in [3.8, 4) is 17.2 Å². The lowest BCUT2D eigenvalue weighted by molar-refractivity contribution is 0.104. The van der Waals surface area contributed by atoms with Gasteiger partial charge in [0.25, 0.3) is 0 Å². The number of hydrogen-bond acceptors (Lipinski definition) is 4. The summed E-state index contributed by atoms with van der Waals surface area (Å²) in [5.41, 5.74) is 2.48. The van der Waals surface area contributed by atoms with Gasteiger partial charge in [-0.15, -0.1) is 6.58 Å². The normalized spacial score (nSPS) is 10.7. The fourth-order valence-electron chi connectivity index (χ4n) is 2.86. The summed E-state index contributed by atoms with van der Waals surface area (Å²) in [5, 5.41) is 0. The molecule has 0 aliphatic carbocycles. The fourth-order valence-corrected chi connectivity index (χ4v) is 2.86. The van der Waals surface area contributed by atoms with Gasteiger partial charge < -0.3 is 14.2 Å². The Hall–Kier alpha value is -3.01. The SMILES string of the molecule is C=CCc1cc(C=CC(=O)c2ccc(OCCC)cc2)cc(OCC)c1OCC. The molecule has 0 amide bonds. The summed E-state index contributed by atoms with van der Waals surface area (Å²) in [6, 6.07) is 11.1. The van der Waals surface area contributed by atoms with Crippen molar-refractivity contribution in [2.24, 2.45) is 0 Å². The zero-order valence-corrected chi connectivity index (χ0v) is 17.6. The lowest BCUT2D eigenvalue weighted by Gasteiger charge is -2.15. The minimum atomic E-state index is -0.0656. The lowest BCUT2D eigenvalue weighted by atomic mass is 10.0. The van der Waals surface area contributed by atoms with Crippen LogP contribution in [0.5, 0.6) is 17.2 Å². The molecule has 0 atom stereocenters. The number of carbonyl (C=O) groups excluding carboxylic acids is 1.